The first kappa shape index (κ1) is 17.6. The van der Waals surface area contributed by atoms with E-state index in [2.05, 4.69) is 16.0 Å². The molecule has 7 heteroatoms. The smallest absolute Gasteiger partial charge is 0.150 e. The molecule has 3 N–H and O–H groups in total. The summed E-state index contributed by atoms with van der Waals surface area (Å²) < 4.78 is 29.0. The SMILES string of the molecule is CS(=O)(=O)C1CCC(C2CNCC(NCC3CCCO3)N2)CC1. The molecule has 3 unspecified atom stereocenters. The second-order valence-corrected chi connectivity index (χ2v) is 9.72. The molecule has 23 heavy (non-hydrogen) atoms. The minimum atomic E-state index is -2.87. The van der Waals surface area contributed by atoms with Crippen LogP contribution in [0.3, 0.4) is 0 Å². The second kappa shape index (κ2) is 7.78. The molecule has 0 aromatic rings. The van der Waals surface area contributed by atoms with Crippen molar-refractivity contribution in [2.75, 3.05) is 32.5 Å². The van der Waals surface area contributed by atoms with E-state index in [0.717, 1.165) is 58.3 Å². The van der Waals surface area contributed by atoms with Gasteiger partial charge in [-0.3, -0.25) is 10.6 Å². The predicted molar refractivity (Wildman–Crippen MR) is 91.1 cm³/mol. The molecule has 6 nitrogen and oxygen atoms in total. The highest BCUT2D eigenvalue weighted by atomic mass is 32.2. The molecular formula is C16H31N3O3S. The molecule has 3 rings (SSSR count). The van der Waals surface area contributed by atoms with Crippen molar-refractivity contribution in [3.63, 3.8) is 0 Å². The lowest BCUT2D eigenvalue weighted by atomic mass is 9.83. The number of piperazine rings is 1. The number of ether oxygens (including phenoxy) is 1. The van der Waals surface area contributed by atoms with E-state index in [0.29, 0.717) is 18.1 Å². The Kier molecular flexibility index (Phi) is 5.96. The summed E-state index contributed by atoms with van der Waals surface area (Å²) in [6.45, 7) is 3.72. The Balaban J connectivity index is 1.43. The molecule has 0 spiro atoms. The molecule has 0 radical (unpaired) electrons. The van der Waals surface area contributed by atoms with Crippen LogP contribution in [0.4, 0.5) is 0 Å². The van der Waals surface area contributed by atoms with Crippen LogP contribution >= 0.6 is 0 Å². The van der Waals surface area contributed by atoms with Crippen LogP contribution < -0.4 is 16.0 Å². The van der Waals surface area contributed by atoms with Crippen LogP contribution in [0.5, 0.6) is 0 Å². The average molecular weight is 346 g/mol. The number of hydrogen-bond donors (Lipinski definition) is 3. The Bertz CT molecular complexity index is 471. The largest absolute Gasteiger partial charge is 0.377 e. The van der Waals surface area contributed by atoms with Gasteiger partial charge in [-0.2, -0.15) is 0 Å². The highest BCUT2D eigenvalue weighted by Crippen LogP contribution is 2.30. The topological polar surface area (TPSA) is 79.5 Å². The highest BCUT2D eigenvalue weighted by Gasteiger charge is 2.34. The van der Waals surface area contributed by atoms with Gasteiger partial charge in [0.2, 0.25) is 0 Å². The maximum Gasteiger partial charge on any atom is 0.150 e. The van der Waals surface area contributed by atoms with Crippen molar-refractivity contribution in [2.45, 2.75) is 62.1 Å². The zero-order valence-electron chi connectivity index (χ0n) is 14.1. The van der Waals surface area contributed by atoms with Gasteiger partial charge in [0.15, 0.2) is 0 Å². The Morgan fingerprint density at radius 1 is 1.13 bits per heavy atom. The summed E-state index contributed by atoms with van der Waals surface area (Å²) in [4.78, 5) is 0. The zero-order valence-corrected chi connectivity index (χ0v) is 14.9. The first-order chi connectivity index (χ1) is 11.0. The van der Waals surface area contributed by atoms with E-state index in [4.69, 9.17) is 4.74 Å². The summed E-state index contributed by atoms with van der Waals surface area (Å²) in [5, 5.41) is 10.7. The minimum Gasteiger partial charge on any atom is -0.377 e. The molecule has 0 aromatic carbocycles. The normalized spacial score (nSPS) is 39.4. The van der Waals surface area contributed by atoms with Crippen LogP contribution in [0, 0.1) is 5.92 Å². The van der Waals surface area contributed by atoms with Gasteiger partial charge in [0.05, 0.1) is 17.5 Å². The van der Waals surface area contributed by atoms with Gasteiger partial charge < -0.3 is 10.1 Å². The van der Waals surface area contributed by atoms with Crippen LogP contribution in [0.25, 0.3) is 0 Å². The van der Waals surface area contributed by atoms with Gasteiger partial charge in [-0.1, -0.05) is 0 Å². The van der Waals surface area contributed by atoms with Crippen molar-refractivity contribution < 1.29 is 13.2 Å². The van der Waals surface area contributed by atoms with E-state index in [9.17, 15) is 8.42 Å². The fourth-order valence-corrected chi connectivity index (χ4v) is 5.32. The molecule has 2 heterocycles. The van der Waals surface area contributed by atoms with Crippen LogP contribution in [0.15, 0.2) is 0 Å². The quantitative estimate of drug-likeness (QED) is 0.663. The molecule has 1 aliphatic carbocycles. The predicted octanol–water partition coefficient (Wildman–Crippen LogP) is 0.246. The maximum absolute atomic E-state index is 11.7. The fraction of sp³-hybridized carbons (Fsp3) is 1.00. The molecule has 3 aliphatic rings. The number of sulfone groups is 1. The molecule has 2 saturated heterocycles. The fourth-order valence-electron chi connectivity index (χ4n) is 4.19. The Labute approximate surface area is 140 Å². The molecule has 3 fully saturated rings. The summed E-state index contributed by atoms with van der Waals surface area (Å²) in [5.41, 5.74) is 0. The summed E-state index contributed by atoms with van der Waals surface area (Å²) in [6, 6.07) is 0.436. The van der Waals surface area contributed by atoms with Crippen LogP contribution in [0.2, 0.25) is 0 Å². The van der Waals surface area contributed by atoms with E-state index in [-0.39, 0.29) is 11.4 Å². The van der Waals surface area contributed by atoms with Gasteiger partial charge in [-0.25, -0.2) is 8.42 Å². The van der Waals surface area contributed by atoms with Crippen molar-refractivity contribution in [1.29, 1.82) is 0 Å². The van der Waals surface area contributed by atoms with Gasteiger partial charge in [0.1, 0.15) is 9.84 Å². The Morgan fingerprint density at radius 2 is 1.91 bits per heavy atom. The van der Waals surface area contributed by atoms with E-state index < -0.39 is 9.84 Å². The lowest BCUT2D eigenvalue weighted by Crippen LogP contribution is -2.63. The molecule has 3 atom stereocenters. The van der Waals surface area contributed by atoms with Gasteiger partial charge in [0, 0.05) is 38.5 Å². The summed E-state index contributed by atoms with van der Waals surface area (Å²) in [5.74, 6) is 0.577. The Morgan fingerprint density at radius 3 is 2.57 bits per heavy atom. The second-order valence-electron chi connectivity index (χ2n) is 7.39. The van der Waals surface area contributed by atoms with E-state index in [1.165, 1.54) is 12.7 Å². The minimum absolute atomic E-state index is 0.122. The molecular weight excluding hydrogens is 314 g/mol. The lowest BCUT2D eigenvalue weighted by molar-refractivity contribution is 0.102. The summed E-state index contributed by atoms with van der Waals surface area (Å²) in [7, 11) is -2.87. The highest BCUT2D eigenvalue weighted by molar-refractivity contribution is 7.91. The number of nitrogens with one attached hydrogen (secondary N) is 3. The maximum atomic E-state index is 11.7. The standard InChI is InChI=1S/C16H31N3O3S/c1-23(20,21)14-6-4-12(5-7-14)15-10-17-11-16(19-15)18-9-13-3-2-8-22-13/h12-19H,2-11H2,1H3. The van der Waals surface area contributed by atoms with Crippen molar-refractivity contribution in [3.05, 3.63) is 0 Å². The molecule has 0 bridgehead atoms. The molecule has 1 saturated carbocycles. The van der Waals surface area contributed by atoms with Gasteiger partial charge in [-0.05, 0) is 44.4 Å². The van der Waals surface area contributed by atoms with E-state index in [1.807, 2.05) is 0 Å². The monoisotopic (exact) mass is 345 g/mol. The van der Waals surface area contributed by atoms with Crippen LogP contribution in [-0.2, 0) is 14.6 Å². The first-order valence-corrected chi connectivity index (χ1v) is 11.0. The summed E-state index contributed by atoms with van der Waals surface area (Å²) >= 11 is 0. The Hall–Kier alpha value is -0.210. The lowest BCUT2D eigenvalue weighted by Gasteiger charge is -2.40. The summed E-state index contributed by atoms with van der Waals surface area (Å²) in [6.07, 6.45) is 8.01. The average Bonchev–Trinajstić information content (AvgIpc) is 3.06. The third-order valence-corrected chi connectivity index (χ3v) is 7.32. The number of rotatable bonds is 5. The number of hydrogen-bond acceptors (Lipinski definition) is 6. The zero-order chi connectivity index (χ0) is 16.3. The van der Waals surface area contributed by atoms with Gasteiger partial charge in [0.25, 0.3) is 0 Å². The third-order valence-electron chi connectivity index (χ3n) is 5.64. The van der Waals surface area contributed by atoms with Crippen molar-refractivity contribution in [3.8, 4) is 0 Å². The van der Waals surface area contributed by atoms with Gasteiger partial charge >= 0.3 is 0 Å². The van der Waals surface area contributed by atoms with Crippen molar-refractivity contribution >= 4 is 9.84 Å². The first-order valence-electron chi connectivity index (χ1n) is 9.03. The molecule has 0 aromatic heterocycles. The van der Waals surface area contributed by atoms with Gasteiger partial charge in [-0.15, -0.1) is 0 Å². The van der Waals surface area contributed by atoms with Crippen LogP contribution in [0.1, 0.15) is 38.5 Å². The van der Waals surface area contributed by atoms with Crippen molar-refractivity contribution in [2.24, 2.45) is 5.92 Å². The molecule has 2 aliphatic heterocycles. The van der Waals surface area contributed by atoms with E-state index in [1.54, 1.807) is 0 Å². The third kappa shape index (κ3) is 4.89. The molecule has 134 valence electrons. The van der Waals surface area contributed by atoms with E-state index >= 15 is 0 Å². The molecule has 0 amide bonds. The van der Waals surface area contributed by atoms with Crippen LogP contribution in [-0.4, -0.2) is 64.5 Å². The van der Waals surface area contributed by atoms with Crippen molar-refractivity contribution in [1.82, 2.24) is 16.0 Å².